The number of hydrogen-bond acceptors (Lipinski definition) is 3. The fourth-order valence-corrected chi connectivity index (χ4v) is 3.81. The van der Waals surface area contributed by atoms with Gasteiger partial charge in [-0.25, -0.2) is 0 Å². The predicted molar refractivity (Wildman–Crippen MR) is 102 cm³/mol. The molecule has 0 unspecified atom stereocenters. The van der Waals surface area contributed by atoms with Crippen LogP contribution >= 0.6 is 11.8 Å². The zero-order valence-corrected chi connectivity index (χ0v) is 14.9. The summed E-state index contributed by atoms with van der Waals surface area (Å²) in [4.78, 5) is 13.8. The summed E-state index contributed by atoms with van der Waals surface area (Å²) >= 11 is 1.78. The Bertz CT molecular complexity index is 678. The van der Waals surface area contributed by atoms with Gasteiger partial charge in [-0.2, -0.15) is 0 Å². The Hall–Kier alpha value is -1.78. The lowest BCUT2D eigenvalue weighted by atomic mass is 9.90. The minimum absolute atomic E-state index is 0.0423. The van der Waals surface area contributed by atoms with Crippen molar-refractivity contribution in [1.29, 1.82) is 0 Å². The first kappa shape index (κ1) is 17.1. The van der Waals surface area contributed by atoms with E-state index in [2.05, 4.69) is 29.7 Å². The summed E-state index contributed by atoms with van der Waals surface area (Å²) < 4.78 is 0. The molecule has 0 bridgehead atoms. The maximum Gasteiger partial charge on any atom is 0.255 e. The number of hydrogen-bond donors (Lipinski definition) is 2. The van der Waals surface area contributed by atoms with E-state index in [4.69, 9.17) is 0 Å². The second-order valence-electron chi connectivity index (χ2n) is 6.04. The number of amides is 1. The summed E-state index contributed by atoms with van der Waals surface area (Å²) in [6, 6.07) is 16.0. The van der Waals surface area contributed by atoms with Crippen molar-refractivity contribution in [1.82, 2.24) is 5.32 Å². The van der Waals surface area contributed by atoms with Gasteiger partial charge in [-0.15, -0.1) is 11.8 Å². The summed E-state index contributed by atoms with van der Waals surface area (Å²) in [5.74, 6) is 1.46. The van der Waals surface area contributed by atoms with E-state index in [0.29, 0.717) is 11.5 Å². The number of carbonyl (C=O) groups excluding carboxylic acids is 1. The first-order valence-corrected chi connectivity index (χ1v) is 9.60. The van der Waals surface area contributed by atoms with Gasteiger partial charge in [-0.05, 0) is 67.0 Å². The van der Waals surface area contributed by atoms with E-state index < -0.39 is 0 Å². The normalized spacial score (nSPS) is 17.5. The maximum absolute atomic E-state index is 12.6. The summed E-state index contributed by atoms with van der Waals surface area (Å²) in [6.45, 7) is 4.20. The average molecular weight is 340 g/mol. The van der Waals surface area contributed by atoms with Crippen LogP contribution in [0.4, 0.5) is 5.69 Å². The van der Waals surface area contributed by atoms with Crippen molar-refractivity contribution in [2.45, 2.75) is 30.6 Å². The van der Waals surface area contributed by atoms with E-state index in [0.717, 1.165) is 24.5 Å². The molecule has 1 fully saturated rings. The summed E-state index contributed by atoms with van der Waals surface area (Å²) in [5, 5.41) is 6.55. The van der Waals surface area contributed by atoms with E-state index in [1.807, 2.05) is 36.4 Å². The van der Waals surface area contributed by atoms with Crippen LogP contribution in [-0.2, 0) is 0 Å². The van der Waals surface area contributed by atoms with E-state index in [1.54, 1.807) is 11.8 Å². The standard InChI is InChI=1S/C20H24N2OS/c1-2-24-17-11-9-15(10-12-17)20(23)22-19-8-4-3-7-18(19)16-6-5-13-21-14-16/h3-4,7-12,16,21H,2,5-6,13-14H2,1H3,(H,22,23)/t16-/m1/s1. The molecule has 4 heteroatoms. The van der Waals surface area contributed by atoms with Gasteiger partial charge < -0.3 is 10.6 Å². The van der Waals surface area contributed by atoms with Gasteiger partial charge in [-0.3, -0.25) is 4.79 Å². The molecule has 1 atom stereocenters. The third-order valence-corrected chi connectivity index (χ3v) is 5.27. The second kappa shape index (κ2) is 8.36. The summed E-state index contributed by atoms with van der Waals surface area (Å²) in [7, 11) is 0. The molecule has 24 heavy (non-hydrogen) atoms. The Kier molecular flexibility index (Phi) is 5.94. The largest absolute Gasteiger partial charge is 0.322 e. The molecule has 2 aromatic carbocycles. The van der Waals surface area contributed by atoms with Crippen LogP contribution in [0.1, 0.15) is 41.6 Å². The smallest absolute Gasteiger partial charge is 0.255 e. The molecule has 0 spiro atoms. The first-order chi connectivity index (χ1) is 11.8. The highest BCUT2D eigenvalue weighted by atomic mass is 32.2. The van der Waals surface area contributed by atoms with Crippen LogP contribution in [0.25, 0.3) is 0 Å². The molecule has 3 rings (SSSR count). The zero-order chi connectivity index (χ0) is 16.8. The Morgan fingerprint density at radius 1 is 1.21 bits per heavy atom. The monoisotopic (exact) mass is 340 g/mol. The van der Waals surface area contributed by atoms with E-state index in [1.165, 1.54) is 23.3 Å². The van der Waals surface area contributed by atoms with Gasteiger partial charge in [0.15, 0.2) is 0 Å². The molecule has 0 aromatic heterocycles. The highest BCUT2D eigenvalue weighted by molar-refractivity contribution is 7.99. The van der Waals surface area contributed by atoms with Crippen molar-refractivity contribution in [3.63, 3.8) is 0 Å². The molecule has 1 aliphatic rings. The van der Waals surface area contributed by atoms with Gasteiger partial charge in [0.2, 0.25) is 0 Å². The second-order valence-corrected chi connectivity index (χ2v) is 7.38. The SMILES string of the molecule is CCSc1ccc(C(=O)Nc2ccccc2[C@@H]2CCCNC2)cc1. The molecule has 1 aliphatic heterocycles. The third-order valence-electron chi connectivity index (χ3n) is 4.37. The summed E-state index contributed by atoms with van der Waals surface area (Å²) in [6.07, 6.45) is 2.35. The Balaban J connectivity index is 1.74. The fourth-order valence-electron chi connectivity index (χ4n) is 3.15. The van der Waals surface area contributed by atoms with Crippen LogP contribution in [0, 0.1) is 0 Å². The molecule has 1 heterocycles. The lowest BCUT2D eigenvalue weighted by Crippen LogP contribution is -2.29. The quantitative estimate of drug-likeness (QED) is 0.787. The molecule has 1 amide bonds. The Morgan fingerprint density at radius 3 is 2.71 bits per heavy atom. The molecule has 3 nitrogen and oxygen atoms in total. The molecule has 0 aliphatic carbocycles. The summed E-state index contributed by atoms with van der Waals surface area (Å²) in [5.41, 5.74) is 2.87. The Labute approximate surface area is 148 Å². The van der Waals surface area contributed by atoms with Crippen LogP contribution in [0.2, 0.25) is 0 Å². The number of rotatable bonds is 5. The van der Waals surface area contributed by atoms with E-state index >= 15 is 0 Å². The van der Waals surface area contributed by atoms with Crippen molar-refractivity contribution in [2.75, 3.05) is 24.2 Å². The van der Waals surface area contributed by atoms with Crippen molar-refractivity contribution >= 4 is 23.4 Å². The highest BCUT2D eigenvalue weighted by Crippen LogP contribution is 2.29. The maximum atomic E-state index is 12.6. The number of thioether (sulfide) groups is 1. The average Bonchev–Trinajstić information content (AvgIpc) is 2.64. The van der Waals surface area contributed by atoms with Gasteiger partial charge >= 0.3 is 0 Å². The molecular formula is C20H24N2OS. The Morgan fingerprint density at radius 2 is 2.00 bits per heavy atom. The van der Waals surface area contributed by atoms with Crippen molar-refractivity contribution in [2.24, 2.45) is 0 Å². The van der Waals surface area contributed by atoms with E-state index in [9.17, 15) is 4.79 Å². The molecule has 1 saturated heterocycles. The number of piperidine rings is 1. The fraction of sp³-hybridized carbons (Fsp3) is 0.350. The minimum Gasteiger partial charge on any atom is -0.322 e. The molecule has 0 saturated carbocycles. The van der Waals surface area contributed by atoms with Crippen LogP contribution < -0.4 is 10.6 Å². The molecule has 2 N–H and O–H groups in total. The lowest BCUT2D eigenvalue weighted by Gasteiger charge is -2.25. The minimum atomic E-state index is -0.0423. The van der Waals surface area contributed by atoms with Crippen LogP contribution in [0.15, 0.2) is 53.4 Å². The number of carbonyl (C=O) groups is 1. The predicted octanol–water partition coefficient (Wildman–Crippen LogP) is 4.52. The van der Waals surface area contributed by atoms with Crippen molar-refractivity contribution in [3.8, 4) is 0 Å². The molecule has 0 radical (unpaired) electrons. The van der Waals surface area contributed by atoms with Gasteiger partial charge in [0.05, 0.1) is 0 Å². The van der Waals surface area contributed by atoms with Gasteiger partial charge in [0, 0.05) is 22.7 Å². The molecule has 2 aromatic rings. The zero-order valence-electron chi connectivity index (χ0n) is 14.0. The van der Waals surface area contributed by atoms with Crippen LogP contribution in [0.3, 0.4) is 0 Å². The number of anilines is 1. The number of nitrogens with one attached hydrogen (secondary N) is 2. The van der Waals surface area contributed by atoms with Crippen molar-refractivity contribution < 1.29 is 4.79 Å². The number of benzene rings is 2. The van der Waals surface area contributed by atoms with Gasteiger partial charge in [0.25, 0.3) is 5.91 Å². The first-order valence-electron chi connectivity index (χ1n) is 8.62. The molecule has 126 valence electrons. The van der Waals surface area contributed by atoms with Crippen LogP contribution in [-0.4, -0.2) is 24.7 Å². The lowest BCUT2D eigenvalue weighted by molar-refractivity contribution is 0.102. The number of para-hydroxylation sites is 1. The van der Waals surface area contributed by atoms with E-state index in [-0.39, 0.29) is 5.91 Å². The molecular weight excluding hydrogens is 316 g/mol. The topological polar surface area (TPSA) is 41.1 Å². The van der Waals surface area contributed by atoms with Gasteiger partial charge in [0.1, 0.15) is 0 Å². The van der Waals surface area contributed by atoms with Crippen LogP contribution in [0.5, 0.6) is 0 Å². The van der Waals surface area contributed by atoms with Crippen molar-refractivity contribution in [3.05, 3.63) is 59.7 Å². The van der Waals surface area contributed by atoms with Gasteiger partial charge in [-0.1, -0.05) is 25.1 Å². The highest BCUT2D eigenvalue weighted by Gasteiger charge is 2.19. The third kappa shape index (κ3) is 4.19.